The van der Waals surface area contributed by atoms with E-state index >= 15 is 0 Å². The van der Waals surface area contributed by atoms with Gasteiger partial charge in [-0.05, 0) is 36.6 Å². The summed E-state index contributed by atoms with van der Waals surface area (Å²) >= 11 is 9.36. The van der Waals surface area contributed by atoms with Crippen LogP contribution in [0.15, 0.2) is 58.9 Å². The minimum atomic E-state index is -0.0504. The Morgan fingerprint density at radius 2 is 1.97 bits per heavy atom. The highest BCUT2D eigenvalue weighted by atomic mass is 35.5. The summed E-state index contributed by atoms with van der Waals surface area (Å²) in [5.74, 6) is 0.809. The SMILES string of the molecule is O=C(Nc1nnc(SCc2ccccc2)s1)C1CCCN(Cc2ccccc2Cl)C1. The van der Waals surface area contributed by atoms with Gasteiger partial charge < -0.3 is 5.32 Å². The maximum Gasteiger partial charge on any atom is 0.230 e. The summed E-state index contributed by atoms with van der Waals surface area (Å²) in [7, 11) is 0. The summed E-state index contributed by atoms with van der Waals surface area (Å²) < 4.78 is 0.859. The van der Waals surface area contributed by atoms with Crippen LogP contribution in [0.1, 0.15) is 24.0 Å². The van der Waals surface area contributed by atoms with Crippen LogP contribution in [0.2, 0.25) is 5.02 Å². The van der Waals surface area contributed by atoms with E-state index in [0.29, 0.717) is 5.13 Å². The molecular formula is C22H23ClN4OS2. The van der Waals surface area contributed by atoms with Gasteiger partial charge in [-0.2, -0.15) is 0 Å². The monoisotopic (exact) mass is 458 g/mol. The second-order valence-corrected chi connectivity index (χ2v) is 9.91. The lowest BCUT2D eigenvalue weighted by atomic mass is 9.97. The Kier molecular flexibility index (Phi) is 7.38. The molecule has 5 nitrogen and oxygen atoms in total. The van der Waals surface area contributed by atoms with Crippen molar-refractivity contribution in [2.45, 2.75) is 29.5 Å². The zero-order valence-corrected chi connectivity index (χ0v) is 18.8. The van der Waals surface area contributed by atoms with Crippen molar-refractivity contribution in [1.82, 2.24) is 15.1 Å². The van der Waals surface area contributed by atoms with E-state index in [4.69, 9.17) is 11.6 Å². The van der Waals surface area contributed by atoms with Gasteiger partial charge in [0.25, 0.3) is 0 Å². The molecule has 2 heterocycles. The molecule has 1 aromatic heterocycles. The van der Waals surface area contributed by atoms with E-state index < -0.39 is 0 Å². The maximum absolute atomic E-state index is 12.8. The fraction of sp³-hybridized carbons (Fsp3) is 0.318. The first-order chi connectivity index (χ1) is 14.7. The van der Waals surface area contributed by atoms with E-state index in [1.165, 1.54) is 16.9 Å². The van der Waals surface area contributed by atoms with Crippen molar-refractivity contribution in [2.75, 3.05) is 18.4 Å². The molecule has 30 heavy (non-hydrogen) atoms. The number of likely N-dealkylation sites (tertiary alicyclic amines) is 1. The van der Waals surface area contributed by atoms with Gasteiger partial charge in [0.1, 0.15) is 0 Å². The van der Waals surface area contributed by atoms with Crippen LogP contribution in [0.3, 0.4) is 0 Å². The first kappa shape index (κ1) is 21.3. The summed E-state index contributed by atoms with van der Waals surface area (Å²) in [5, 5.41) is 12.7. The molecule has 3 aromatic rings. The minimum absolute atomic E-state index is 0.0228. The van der Waals surface area contributed by atoms with Crippen molar-refractivity contribution in [3.8, 4) is 0 Å². The summed E-state index contributed by atoms with van der Waals surface area (Å²) in [5.41, 5.74) is 2.34. The van der Waals surface area contributed by atoms with Crippen molar-refractivity contribution in [2.24, 2.45) is 5.92 Å². The number of aromatic nitrogens is 2. The summed E-state index contributed by atoms with van der Waals surface area (Å²) in [6.45, 7) is 2.47. The molecule has 1 fully saturated rings. The third kappa shape index (κ3) is 5.82. The van der Waals surface area contributed by atoms with Crippen LogP contribution in [0, 0.1) is 5.92 Å². The average Bonchev–Trinajstić information content (AvgIpc) is 3.22. The summed E-state index contributed by atoms with van der Waals surface area (Å²) in [6, 6.07) is 18.1. The van der Waals surface area contributed by atoms with E-state index in [9.17, 15) is 4.79 Å². The van der Waals surface area contributed by atoms with Gasteiger partial charge in [0.05, 0.1) is 5.92 Å². The Balaban J connectivity index is 1.29. The summed E-state index contributed by atoms with van der Waals surface area (Å²) in [4.78, 5) is 15.1. The Bertz CT molecular complexity index is 982. The summed E-state index contributed by atoms with van der Waals surface area (Å²) in [6.07, 6.45) is 1.89. The van der Waals surface area contributed by atoms with Crippen LogP contribution in [0.4, 0.5) is 5.13 Å². The Morgan fingerprint density at radius 1 is 1.17 bits per heavy atom. The van der Waals surface area contributed by atoms with Crippen molar-refractivity contribution in [1.29, 1.82) is 0 Å². The number of thioether (sulfide) groups is 1. The molecule has 0 bridgehead atoms. The number of nitrogens with one attached hydrogen (secondary N) is 1. The molecular weight excluding hydrogens is 436 g/mol. The van der Waals surface area contributed by atoms with E-state index in [1.54, 1.807) is 11.8 Å². The second-order valence-electron chi connectivity index (χ2n) is 7.30. The van der Waals surface area contributed by atoms with Gasteiger partial charge in [0.2, 0.25) is 11.0 Å². The fourth-order valence-electron chi connectivity index (χ4n) is 3.53. The zero-order valence-electron chi connectivity index (χ0n) is 16.5. The molecule has 1 atom stereocenters. The molecule has 1 amide bonds. The predicted octanol–water partition coefficient (Wildman–Crippen LogP) is 5.33. The van der Waals surface area contributed by atoms with E-state index in [1.807, 2.05) is 42.5 Å². The number of amides is 1. The maximum atomic E-state index is 12.8. The number of hydrogen-bond acceptors (Lipinski definition) is 6. The molecule has 4 rings (SSSR count). The molecule has 1 unspecified atom stereocenters. The molecule has 1 aliphatic rings. The van der Waals surface area contributed by atoms with Crippen LogP contribution in [0.5, 0.6) is 0 Å². The van der Waals surface area contributed by atoms with Crippen molar-refractivity contribution < 1.29 is 4.79 Å². The van der Waals surface area contributed by atoms with Gasteiger partial charge in [-0.3, -0.25) is 9.69 Å². The number of rotatable bonds is 7. The molecule has 156 valence electrons. The highest BCUT2D eigenvalue weighted by Gasteiger charge is 2.27. The van der Waals surface area contributed by atoms with Crippen LogP contribution >= 0.6 is 34.7 Å². The van der Waals surface area contributed by atoms with Gasteiger partial charge in [0.15, 0.2) is 4.34 Å². The largest absolute Gasteiger partial charge is 0.300 e. The molecule has 1 saturated heterocycles. The smallest absolute Gasteiger partial charge is 0.230 e. The Labute approximate surface area is 189 Å². The molecule has 1 N–H and O–H groups in total. The van der Waals surface area contributed by atoms with Gasteiger partial charge >= 0.3 is 0 Å². The molecule has 0 saturated carbocycles. The number of piperidine rings is 1. The predicted molar refractivity (Wildman–Crippen MR) is 124 cm³/mol. The first-order valence-electron chi connectivity index (χ1n) is 9.94. The zero-order chi connectivity index (χ0) is 20.8. The molecule has 0 aliphatic carbocycles. The first-order valence-corrected chi connectivity index (χ1v) is 12.1. The molecule has 2 aromatic carbocycles. The standard InChI is InChI=1S/C22H23ClN4OS2/c23-19-11-5-4-9-17(19)13-27-12-6-10-18(14-27)20(28)24-21-25-26-22(30-21)29-15-16-7-2-1-3-8-16/h1-5,7-9,11,18H,6,10,12-15H2,(H,24,25,28). The normalized spacial score (nSPS) is 17.0. The van der Waals surface area contributed by atoms with Crippen molar-refractivity contribution in [3.63, 3.8) is 0 Å². The molecule has 1 aliphatic heterocycles. The van der Waals surface area contributed by atoms with Crippen molar-refractivity contribution in [3.05, 3.63) is 70.7 Å². The number of hydrogen-bond donors (Lipinski definition) is 1. The average molecular weight is 459 g/mol. The van der Waals surface area contributed by atoms with Gasteiger partial charge in [-0.1, -0.05) is 83.2 Å². The molecule has 0 spiro atoms. The van der Waals surface area contributed by atoms with Crippen LogP contribution < -0.4 is 5.32 Å². The topological polar surface area (TPSA) is 58.1 Å². The van der Waals surface area contributed by atoms with E-state index in [2.05, 4.69) is 32.5 Å². The van der Waals surface area contributed by atoms with E-state index in [0.717, 1.165) is 53.2 Å². The third-order valence-corrected chi connectivity index (χ3v) is 7.48. The van der Waals surface area contributed by atoms with Crippen molar-refractivity contribution >= 4 is 45.7 Å². The quantitative estimate of drug-likeness (QED) is 0.382. The lowest BCUT2D eigenvalue weighted by Gasteiger charge is -2.32. The molecule has 8 heteroatoms. The number of nitrogens with zero attached hydrogens (tertiary/aromatic N) is 3. The lowest BCUT2D eigenvalue weighted by molar-refractivity contribution is -0.121. The highest BCUT2D eigenvalue weighted by Crippen LogP contribution is 2.29. The van der Waals surface area contributed by atoms with Crippen LogP contribution in [0.25, 0.3) is 0 Å². The fourth-order valence-corrected chi connectivity index (χ4v) is 5.43. The Morgan fingerprint density at radius 3 is 2.80 bits per heavy atom. The van der Waals surface area contributed by atoms with Crippen LogP contribution in [-0.2, 0) is 17.1 Å². The number of halogens is 1. The number of carbonyl (C=O) groups excluding carboxylic acids is 1. The van der Waals surface area contributed by atoms with Gasteiger partial charge in [-0.15, -0.1) is 10.2 Å². The lowest BCUT2D eigenvalue weighted by Crippen LogP contribution is -2.40. The van der Waals surface area contributed by atoms with Crippen LogP contribution in [-0.4, -0.2) is 34.1 Å². The third-order valence-electron chi connectivity index (χ3n) is 5.07. The van der Waals surface area contributed by atoms with Gasteiger partial charge in [-0.25, -0.2) is 0 Å². The second kappa shape index (κ2) is 10.4. The number of carbonyl (C=O) groups is 1. The number of benzene rings is 2. The Hall–Kier alpha value is -1.93. The van der Waals surface area contributed by atoms with E-state index in [-0.39, 0.29) is 11.8 Å². The minimum Gasteiger partial charge on any atom is -0.300 e. The van der Waals surface area contributed by atoms with Gasteiger partial charge in [0, 0.05) is 23.9 Å². The number of anilines is 1. The highest BCUT2D eigenvalue weighted by molar-refractivity contribution is 8.00. The molecule has 0 radical (unpaired) electrons.